The molecule has 0 saturated heterocycles. The summed E-state index contributed by atoms with van der Waals surface area (Å²) in [4.78, 5) is 0. The maximum Gasteiger partial charge on any atom is 0.167 e. The number of allylic oxidation sites excluding steroid dienone is 4. The number of nitrogen functional groups attached to an aromatic ring is 1. The molecular weight excluding hydrogens is 300 g/mol. The van der Waals surface area contributed by atoms with Crippen LogP contribution >= 0.6 is 23.2 Å². The third-order valence-corrected chi connectivity index (χ3v) is 3.43. The van der Waals surface area contributed by atoms with E-state index in [-0.39, 0.29) is 11.6 Å². The number of nitrogens with two attached hydrogens (primary N) is 1. The molecule has 1 rings (SSSR count). The number of alkyl halides is 1. The Morgan fingerprint density at radius 1 is 1.50 bits per heavy atom. The van der Waals surface area contributed by atoms with Crippen LogP contribution in [0.3, 0.4) is 0 Å². The Balaban J connectivity index is 3.24. The predicted octanol–water partition coefficient (Wildman–Crippen LogP) is 5.00. The fourth-order valence-electron chi connectivity index (χ4n) is 1.51. The van der Waals surface area contributed by atoms with Gasteiger partial charge in [0, 0.05) is 27.9 Å². The van der Waals surface area contributed by atoms with Crippen LogP contribution in [0.4, 0.5) is 10.1 Å². The Labute approximate surface area is 128 Å². The van der Waals surface area contributed by atoms with Crippen molar-refractivity contribution in [3.63, 3.8) is 0 Å². The van der Waals surface area contributed by atoms with Crippen LogP contribution in [0.1, 0.15) is 13.8 Å². The molecule has 0 amide bonds. The van der Waals surface area contributed by atoms with Crippen LogP contribution in [0.2, 0.25) is 0 Å². The van der Waals surface area contributed by atoms with Crippen LogP contribution < -0.4 is 10.5 Å². The van der Waals surface area contributed by atoms with E-state index in [2.05, 4.69) is 6.58 Å². The first-order valence-corrected chi connectivity index (χ1v) is 6.82. The number of hydrogen-bond acceptors (Lipinski definition) is 2. The Morgan fingerprint density at radius 3 is 2.65 bits per heavy atom. The molecule has 0 aliphatic carbocycles. The Morgan fingerprint density at radius 2 is 2.15 bits per heavy atom. The smallest absolute Gasteiger partial charge is 0.167 e. The second kappa shape index (κ2) is 7.36. The Kier molecular flexibility index (Phi) is 6.11. The zero-order chi connectivity index (χ0) is 15.3. The van der Waals surface area contributed by atoms with E-state index in [4.69, 9.17) is 33.7 Å². The highest BCUT2D eigenvalue weighted by molar-refractivity contribution is 6.32. The van der Waals surface area contributed by atoms with Gasteiger partial charge in [0.2, 0.25) is 0 Å². The van der Waals surface area contributed by atoms with Crippen molar-refractivity contribution in [3.05, 3.63) is 58.6 Å². The van der Waals surface area contributed by atoms with Crippen LogP contribution in [-0.2, 0) is 0 Å². The lowest BCUT2D eigenvalue weighted by Crippen LogP contribution is -2.05. The molecule has 0 spiro atoms. The average molecular weight is 316 g/mol. The fourth-order valence-corrected chi connectivity index (χ4v) is 1.72. The van der Waals surface area contributed by atoms with Gasteiger partial charge in [-0.1, -0.05) is 24.3 Å². The fraction of sp³-hybridized carbons (Fsp3) is 0.200. The third kappa shape index (κ3) is 4.02. The third-order valence-electron chi connectivity index (χ3n) is 2.60. The quantitative estimate of drug-likeness (QED) is 0.359. The molecule has 108 valence electrons. The van der Waals surface area contributed by atoms with Crippen molar-refractivity contribution in [2.75, 3.05) is 11.6 Å². The zero-order valence-corrected chi connectivity index (χ0v) is 12.9. The van der Waals surface area contributed by atoms with Crippen molar-refractivity contribution < 1.29 is 9.13 Å². The number of anilines is 1. The zero-order valence-electron chi connectivity index (χ0n) is 11.3. The molecule has 0 radical (unpaired) electrons. The molecule has 20 heavy (non-hydrogen) atoms. The number of hydrogen-bond donors (Lipinski definition) is 1. The number of ether oxygens (including phenoxy) is 1. The lowest BCUT2D eigenvalue weighted by Gasteiger charge is -2.15. The molecule has 0 unspecified atom stereocenters. The van der Waals surface area contributed by atoms with E-state index in [1.165, 1.54) is 12.1 Å². The summed E-state index contributed by atoms with van der Waals surface area (Å²) in [5.41, 5.74) is 6.97. The van der Waals surface area contributed by atoms with Crippen molar-refractivity contribution in [3.8, 4) is 5.75 Å². The first kappa shape index (κ1) is 16.6. The van der Waals surface area contributed by atoms with Gasteiger partial charge in [-0.3, -0.25) is 0 Å². The van der Waals surface area contributed by atoms with E-state index >= 15 is 0 Å². The summed E-state index contributed by atoms with van der Waals surface area (Å²) >= 11 is 11.8. The van der Waals surface area contributed by atoms with E-state index in [9.17, 15) is 4.39 Å². The summed E-state index contributed by atoms with van der Waals surface area (Å²) in [6.45, 7) is 7.35. The number of rotatable bonds is 5. The summed E-state index contributed by atoms with van der Waals surface area (Å²) in [6.07, 6.45) is 1.71. The molecule has 0 saturated carbocycles. The van der Waals surface area contributed by atoms with Gasteiger partial charge in [0.25, 0.3) is 0 Å². The van der Waals surface area contributed by atoms with Gasteiger partial charge in [0.15, 0.2) is 11.6 Å². The van der Waals surface area contributed by atoms with Crippen molar-refractivity contribution >= 4 is 28.9 Å². The summed E-state index contributed by atoms with van der Waals surface area (Å²) in [6, 6.07) is 4.18. The van der Waals surface area contributed by atoms with E-state index in [0.29, 0.717) is 27.6 Å². The molecular formula is C15H16Cl2FNO. The Hall–Kier alpha value is -1.45. The van der Waals surface area contributed by atoms with E-state index in [1.54, 1.807) is 26.0 Å². The molecule has 0 fully saturated rings. The minimum Gasteiger partial charge on any atom is -0.454 e. The standard InChI is InChI=1S/C15H16Cl2FNO/c1-4-12(17)10(3)15(9(2)8-16)20-14-6-5-11(19)7-13(14)18/h4-7H,2,8,19H2,1,3H3/b12-4+,15-10+. The first-order valence-electron chi connectivity index (χ1n) is 5.90. The molecule has 2 nitrogen and oxygen atoms in total. The Bertz CT molecular complexity index is 579. The van der Waals surface area contributed by atoms with Gasteiger partial charge in [-0.05, 0) is 26.0 Å². The van der Waals surface area contributed by atoms with Gasteiger partial charge in [-0.25, -0.2) is 4.39 Å². The van der Waals surface area contributed by atoms with E-state index < -0.39 is 5.82 Å². The SMILES string of the molecule is C=C(CCl)/C(Oc1ccc(N)cc1F)=C(C)\C(Cl)=C/C. The molecule has 2 N–H and O–H groups in total. The molecule has 0 aromatic heterocycles. The van der Waals surface area contributed by atoms with Gasteiger partial charge in [-0.2, -0.15) is 0 Å². The van der Waals surface area contributed by atoms with Gasteiger partial charge in [0.1, 0.15) is 5.76 Å². The van der Waals surface area contributed by atoms with Crippen LogP contribution in [0.15, 0.2) is 52.8 Å². The van der Waals surface area contributed by atoms with Gasteiger partial charge >= 0.3 is 0 Å². The summed E-state index contributed by atoms with van der Waals surface area (Å²) in [7, 11) is 0. The molecule has 1 aromatic rings. The van der Waals surface area contributed by atoms with E-state index in [0.717, 1.165) is 0 Å². The van der Waals surface area contributed by atoms with Gasteiger partial charge < -0.3 is 10.5 Å². The average Bonchev–Trinajstić information content (AvgIpc) is 2.44. The number of halogens is 3. The molecule has 0 bridgehead atoms. The minimum absolute atomic E-state index is 0.0420. The van der Waals surface area contributed by atoms with Crippen LogP contribution in [-0.4, -0.2) is 5.88 Å². The van der Waals surface area contributed by atoms with Crippen LogP contribution in [0.25, 0.3) is 0 Å². The molecule has 0 aliphatic rings. The normalized spacial score (nSPS) is 12.9. The van der Waals surface area contributed by atoms with Crippen molar-refractivity contribution in [1.82, 2.24) is 0 Å². The van der Waals surface area contributed by atoms with Crippen molar-refractivity contribution in [2.45, 2.75) is 13.8 Å². The van der Waals surface area contributed by atoms with Crippen LogP contribution in [0, 0.1) is 5.82 Å². The predicted molar refractivity (Wildman–Crippen MR) is 83.6 cm³/mol. The second-order valence-corrected chi connectivity index (χ2v) is 4.79. The minimum atomic E-state index is -0.561. The molecule has 0 atom stereocenters. The lowest BCUT2D eigenvalue weighted by atomic mass is 10.1. The summed E-state index contributed by atoms with van der Waals surface area (Å²) in [5.74, 6) is -0.0154. The van der Waals surface area contributed by atoms with Crippen molar-refractivity contribution in [1.29, 1.82) is 0 Å². The maximum absolute atomic E-state index is 13.8. The second-order valence-electron chi connectivity index (χ2n) is 4.12. The van der Waals surface area contributed by atoms with E-state index in [1.807, 2.05) is 0 Å². The van der Waals surface area contributed by atoms with Gasteiger partial charge in [-0.15, -0.1) is 11.6 Å². The van der Waals surface area contributed by atoms with Gasteiger partial charge in [0.05, 0.1) is 5.88 Å². The highest BCUT2D eigenvalue weighted by Crippen LogP contribution is 2.28. The molecule has 0 heterocycles. The summed E-state index contributed by atoms with van der Waals surface area (Å²) < 4.78 is 19.4. The topological polar surface area (TPSA) is 35.2 Å². The van der Waals surface area contributed by atoms with Crippen molar-refractivity contribution in [2.24, 2.45) is 0 Å². The maximum atomic E-state index is 13.8. The number of benzene rings is 1. The molecule has 5 heteroatoms. The molecule has 1 aromatic carbocycles. The lowest BCUT2D eigenvalue weighted by molar-refractivity contribution is 0.402. The highest BCUT2D eigenvalue weighted by Gasteiger charge is 2.14. The summed E-state index contributed by atoms with van der Waals surface area (Å²) in [5, 5.41) is 0.488. The molecule has 0 aliphatic heterocycles. The largest absolute Gasteiger partial charge is 0.454 e. The first-order chi connectivity index (χ1) is 9.40. The van der Waals surface area contributed by atoms with Crippen LogP contribution in [0.5, 0.6) is 5.75 Å². The monoisotopic (exact) mass is 315 g/mol. The highest BCUT2D eigenvalue weighted by atomic mass is 35.5.